The number of likely N-dealkylation sites (N-methyl/N-ethyl adjacent to an activating group) is 2. The maximum atomic E-state index is 14.5. The van der Waals surface area contributed by atoms with E-state index in [9.17, 15) is 22.4 Å². The van der Waals surface area contributed by atoms with Crippen LogP contribution in [-0.4, -0.2) is 74.1 Å². The van der Waals surface area contributed by atoms with E-state index in [-0.39, 0.29) is 35.5 Å². The molecule has 2 amide bonds. The second-order valence-corrected chi connectivity index (χ2v) is 13.0. The number of benzene rings is 2. The molecule has 0 saturated heterocycles. The van der Waals surface area contributed by atoms with Gasteiger partial charge in [-0.2, -0.15) is 0 Å². The van der Waals surface area contributed by atoms with Gasteiger partial charge in [-0.05, 0) is 68.6 Å². The molecule has 10 heteroatoms. The lowest BCUT2D eigenvalue weighted by Crippen LogP contribution is -2.38. The fourth-order valence-electron chi connectivity index (χ4n) is 6.02. The van der Waals surface area contributed by atoms with E-state index in [0.29, 0.717) is 37.1 Å². The van der Waals surface area contributed by atoms with Crippen molar-refractivity contribution in [3.8, 4) is 11.3 Å². The molecule has 0 atom stereocenters. The number of fused-ring (bicyclic) bond motifs is 1. The SMILES string of the molecule is CN1CCCS(=O)(=O)NC(=O)c2ccc3c(C4CCCCC4)c(-c4cccc(F)c4)n(c3c2)CC(=O)N(C)CC1. The molecule has 2 heterocycles. The summed E-state index contributed by atoms with van der Waals surface area (Å²) >= 11 is 0. The average molecular weight is 569 g/mol. The van der Waals surface area contributed by atoms with Crippen LogP contribution in [0, 0.1) is 5.82 Å². The predicted octanol–water partition coefficient (Wildman–Crippen LogP) is 4.35. The summed E-state index contributed by atoms with van der Waals surface area (Å²) in [5, 5.41) is 0.905. The maximum Gasteiger partial charge on any atom is 0.264 e. The number of carbonyl (C=O) groups excluding carboxylic acids is 2. The van der Waals surface area contributed by atoms with E-state index in [0.717, 1.165) is 42.3 Å². The number of nitrogens with one attached hydrogen (secondary N) is 1. The van der Waals surface area contributed by atoms with E-state index in [1.54, 1.807) is 30.1 Å². The number of rotatable bonds is 2. The van der Waals surface area contributed by atoms with Crippen LogP contribution >= 0.6 is 0 Å². The van der Waals surface area contributed by atoms with Crippen LogP contribution in [0.4, 0.5) is 4.39 Å². The topological polar surface area (TPSA) is 91.7 Å². The first-order chi connectivity index (χ1) is 19.1. The zero-order valence-electron chi connectivity index (χ0n) is 23.2. The van der Waals surface area contributed by atoms with Crippen molar-refractivity contribution in [1.82, 2.24) is 19.1 Å². The second-order valence-electron chi connectivity index (χ2n) is 11.1. The number of hydrogen-bond acceptors (Lipinski definition) is 5. The third kappa shape index (κ3) is 6.07. The monoisotopic (exact) mass is 568 g/mol. The summed E-state index contributed by atoms with van der Waals surface area (Å²) < 4.78 is 44.0. The fraction of sp³-hybridized carbons (Fsp3) is 0.467. The van der Waals surface area contributed by atoms with Crippen LogP contribution in [0.15, 0.2) is 42.5 Å². The third-order valence-electron chi connectivity index (χ3n) is 8.21. The first-order valence-electron chi connectivity index (χ1n) is 14.0. The number of hydrogen-bond donors (Lipinski definition) is 1. The zero-order valence-corrected chi connectivity index (χ0v) is 24.0. The van der Waals surface area contributed by atoms with Gasteiger partial charge in [0.1, 0.15) is 12.4 Å². The molecule has 1 aliphatic carbocycles. The summed E-state index contributed by atoms with van der Waals surface area (Å²) in [5.41, 5.74) is 3.38. The molecule has 0 unspecified atom stereocenters. The first-order valence-corrected chi connectivity index (χ1v) is 15.7. The van der Waals surface area contributed by atoms with Crippen molar-refractivity contribution in [3.05, 3.63) is 59.4 Å². The summed E-state index contributed by atoms with van der Waals surface area (Å²) in [6.07, 6.45) is 5.69. The van der Waals surface area contributed by atoms with Crippen LogP contribution in [0.25, 0.3) is 22.2 Å². The van der Waals surface area contributed by atoms with Crippen molar-refractivity contribution in [2.45, 2.75) is 51.0 Å². The van der Waals surface area contributed by atoms with Crippen LogP contribution in [0.3, 0.4) is 0 Å². The standard InChI is InChI=1S/C30H37FN4O4S/c1-33-14-7-17-40(38,39)32-30(37)23-12-13-25-26(19-23)35(20-27(36)34(2)16-15-33)29(22-10-6-11-24(31)18-22)28(25)21-8-4-3-5-9-21/h6,10-13,18-19,21H,3-5,7-9,14-17,20H2,1-2H3,(H,32,37). The Morgan fingerprint density at radius 1 is 0.900 bits per heavy atom. The van der Waals surface area contributed by atoms with Gasteiger partial charge in [-0.1, -0.05) is 37.5 Å². The van der Waals surface area contributed by atoms with E-state index in [1.165, 1.54) is 18.6 Å². The Hall–Kier alpha value is -3.24. The molecule has 2 aliphatic rings. The Morgan fingerprint density at radius 2 is 1.68 bits per heavy atom. The van der Waals surface area contributed by atoms with Crippen molar-refractivity contribution >= 4 is 32.7 Å². The summed E-state index contributed by atoms with van der Waals surface area (Å²) in [7, 11) is -0.179. The number of carbonyl (C=O) groups is 2. The van der Waals surface area contributed by atoms with Crippen molar-refractivity contribution in [3.63, 3.8) is 0 Å². The molecule has 1 aliphatic heterocycles. The Bertz CT molecular complexity index is 1530. The molecule has 2 aromatic carbocycles. The number of nitrogens with zero attached hydrogens (tertiary/aromatic N) is 3. The molecule has 8 nitrogen and oxygen atoms in total. The quantitative estimate of drug-likeness (QED) is 0.497. The van der Waals surface area contributed by atoms with E-state index in [4.69, 9.17) is 0 Å². The molecule has 214 valence electrons. The van der Waals surface area contributed by atoms with Crippen molar-refractivity contribution in [2.75, 3.05) is 39.5 Å². The van der Waals surface area contributed by atoms with Gasteiger partial charge in [-0.15, -0.1) is 0 Å². The molecular formula is C30H37FN4O4S. The lowest BCUT2D eigenvalue weighted by Gasteiger charge is -2.25. The highest BCUT2D eigenvalue weighted by Crippen LogP contribution is 2.44. The highest BCUT2D eigenvalue weighted by Gasteiger charge is 2.29. The van der Waals surface area contributed by atoms with E-state index < -0.39 is 15.9 Å². The van der Waals surface area contributed by atoms with Crippen LogP contribution in [0.2, 0.25) is 0 Å². The second kappa shape index (κ2) is 11.7. The normalized spacial score (nSPS) is 20.2. The molecule has 3 aromatic rings. The van der Waals surface area contributed by atoms with Gasteiger partial charge in [0.25, 0.3) is 5.91 Å². The fourth-order valence-corrected chi connectivity index (χ4v) is 7.03. The summed E-state index contributed by atoms with van der Waals surface area (Å²) in [5.74, 6) is -1.11. The first kappa shape index (κ1) is 28.3. The molecule has 1 aromatic heterocycles. The van der Waals surface area contributed by atoms with Crippen LogP contribution in [-0.2, 0) is 21.4 Å². The van der Waals surface area contributed by atoms with Gasteiger partial charge in [0.2, 0.25) is 15.9 Å². The molecule has 0 radical (unpaired) electrons. The Labute approximate surface area is 235 Å². The summed E-state index contributed by atoms with van der Waals surface area (Å²) in [4.78, 5) is 30.4. The summed E-state index contributed by atoms with van der Waals surface area (Å²) in [6.45, 7) is 1.58. The minimum Gasteiger partial charge on any atom is -0.343 e. The predicted molar refractivity (Wildman–Crippen MR) is 154 cm³/mol. The minimum atomic E-state index is -3.82. The van der Waals surface area contributed by atoms with Crippen LogP contribution in [0.1, 0.15) is 60.4 Å². The maximum absolute atomic E-state index is 14.5. The molecule has 1 N–H and O–H groups in total. The van der Waals surface area contributed by atoms with Gasteiger partial charge in [0.05, 0.1) is 17.0 Å². The molecule has 40 heavy (non-hydrogen) atoms. The Balaban J connectivity index is 1.73. The number of sulfonamides is 1. The van der Waals surface area contributed by atoms with E-state index in [1.807, 2.05) is 28.6 Å². The molecule has 1 fully saturated rings. The molecule has 5 rings (SSSR count). The van der Waals surface area contributed by atoms with Gasteiger partial charge in [0.15, 0.2) is 0 Å². The van der Waals surface area contributed by atoms with Gasteiger partial charge in [-0.25, -0.2) is 17.5 Å². The lowest BCUT2D eigenvalue weighted by molar-refractivity contribution is -0.130. The average Bonchev–Trinajstić information content (AvgIpc) is 3.24. The number of amides is 2. The van der Waals surface area contributed by atoms with Crippen molar-refractivity contribution in [1.29, 1.82) is 0 Å². The Kier molecular flexibility index (Phi) is 8.28. The number of aromatic nitrogens is 1. The van der Waals surface area contributed by atoms with Gasteiger partial charge in [0, 0.05) is 36.7 Å². The third-order valence-corrected chi connectivity index (χ3v) is 9.54. The zero-order chi connectivity index (χ0) is 28.4. The molecular weight excluding hydrogens is 531 g/mol. The molecule has 1 saturated carbocycles. The molecule has 2 bridgehead atoms. The van der Waals surface area contributed by atoms with Crippen LogP contribution < -0.4 is 4.72 Å². The smallest absolute Gasteiger partial charge is 0.264 e. The van der Waals surface area contributed by atoms with Gasteiger partial charge in [-0.3, -0.25) is 9.59 Å². The number of halogens is 1. The minimum absolute atomic E-state index is 0.0126. The van der Waals surface area contributed by atoms with Gasteiger partial charge >= 0.3 is 0 Å². The highest BCUT2D eigenvalue weighted by molar-refractivity contribution is 7.90. The highest BCUT2D eigenvalue weighted by atomic mass is 32.2. The summed E-state index contributed by atoms with van der Waals surface area (Å²) in [6, 6.07) is 11.6. The van der Waals surface area contributed by atoms with E-state index >= 15 is 0 Å². The van der Waals surface area contributed by atoms with Crippen molar-refractivity contribution in [2.24, 2.45) is 0 Å². The van der Waals surface area contributed by atoms with Gasteiger partial charge < -0.3 is 14.4 Å². The Morgan fingerprint density at radius 3 is 2.42 bits per heavy atom. The molecule has 0 spiro atoms. The van der Waals surface area contributed by atoms with Crippen molar-refractivity contribution < 1.29 is 22.4 Å². The lowest BCUT2D eigenvalue weighted by atomic mass is 9.81. The van der Waals surface area contributed by atoms with Crippen LogP contribution in [0.5, 0.6) is 0 Å². The largest absolute Gasteiger partial charge is 0.343 e. The van der Waals surface area contributed by atoms with E-state index in [2.05, 4.69) is 4.72 Å².